The fourth-order valence-electron chi connectivity index (χ4n) is 3.61. The van der Waals surface area contributed by atoms with Crippen LogP contribution in [0.25, 0.3) is 16.9 Å². The SMILES string of the molecule is Cc1nc2cccnc2n1-c1ccc(C(=O)NC2CCCCC2)cc1. The Labute approximate surface area is 147 Å². The molecule has 2 aromatic heterocycles. The number of hydrogen-bond acceptors (Lipinski definition) is 3. The van der Waals surface area contributed by atoms with Crippen molar-refractivity contribution in [3.05, 3.63) is 54.0 Å². The van der Waals surface area contributed by atoms with E-state index in [1.807, 2.05) is 47.9 Å². The lowest BCUT2D eigenvalue weighted by molar-refractivity contribution is 0.0927. The third kappa shape index (κ3) is 3.14. The van der Waals surface area contributed by atoms with Gasteiger partial charge in [0.2, 0.25) is 0 Å². The fourth-order valence-corrected chi connectivity index (χ4v) is 3.61. The molecular weight excluding hydrogens is 312 g/mol. The lowest BCUT2D eigenvalue weighted by Gasteiger charge is -2.22. The molecule has 0 saturated heterocycles. The van der Waals surface area contributed by atoms with Crippen LogP contribution in [0, 0.1) is 6.92 Å². The molecule has 0 atom stereocenters. The van der Waals surface area contributed by atoms with Gasteiger partial charge in [0, 0.05) is 23.5 Å². The molecule has 1 aliphatic rings. The summed E-state index contributed by atoms with van der Waals surface area (Å²) in [5.74, 6) is 0.900. The van der Waals surface area contributed by atoms with Crippen molar-refractivity contribution >= 4 is 17.1 Å². The third-order valence-electron chi connectivity index (χ3n) is 4.91. The number of hydrogen-bond donors (Lipinski definition) is 1. The standard InChI is InChI=1S/C20H22N4O/c1-14-22-18-8-5-13-21-19(18)24(14)17-11-9-15(10-12-17)20(25)23-16-6-3-2-4-7-16/h5,8-13,16H,2-4,6-7H2,1H3,(H,23,25). The van der Waals surface area contributed by atoms with Crippen molar-refractivity contribution in [3.8, 4) is 5.69 Å². The number of benzene rings is 1. The number of fused-ring (bicyclic) bond motifs is 1. The summed E-state index contributed by atoms with van der Waals surface area (Å²) < 4.78 is 2.01. The molecule has 2 heterocycles. The summed E-state index contributed by atoms with van der Waals surface area (Å²) >= 11 is 0. The van der Waals surface area contributed by atoms with Gasteiger partial charge in [-0.2, -0.15) is 0 Å². The summed E-state index contributed by atoms with van der Waals surface area (Å²) in [6.45, 7) is 1.96. The molecule has 1 amide bonds. The van der Waals surface area contributed by atoms with Crippen LogP contribution in [0.15, 0.2) is 42.6 Å². The van der Waals surface area contributed by atoms with E-state index in [1.54, 1.807) is 6.20 Å². The van der Waals surface area contributed by atoms with Crippen molar-refractivity contribution in [2.75, 3.05) is 0 Å². The highest BCUT2D eigenvalue weighted by molar-refractivity contribution is 5.94. The molecule has 128 valence electrons. The number of amides is 1. The lowest BCUT2D eigenvalue weighted by Crippen LogP contribution is -2.36. The Morgan fingerprint density at radius 2 is 1.88 bits per heavy atom. The molecular formula is C20H22N4O. The van der Waals surface area contributed by atoms with Crippen molar-refractivity contribution < 1.29 is 4.79 Å². The highest BCUT2D eigenvalue weighted by Crippen LogP contribution is 2.21. The summed E-state index contributed by atoms with van der Waals surface area (Å²) in [6.07, 6.45) is 7.67. The highest BCUT2D eigenvalue weighted by atomic mass is 16.1. The Balaban J connectivity index is 1.57. The second kappa shape index (κ2) is 6.67. The number of aromatic nitrogens is 3. The largest absolute Gasteiger partial charge is 0.349 e. The van der Waals surface area contributed by atoms with Gasteiger partial charge in [-0.25, -0.2) is 9.97 Å². The number of nitrogens with one attached hydrogen (secondary N) is 1. The minimum Gasteiger partial charge on any atom is -0.349 e. The van der Waals surface area contributed by atoms with Crippen LogP contribution in [0.2, 0.25) is 0 Å². The van der Waals surface area contributed by atoms with E-state index in [0.717, 1.165) is 35.5 Å². The van der Waals surface area contributed by atoms with E-state index in [4.69, 9.17) is 0 Å². The molecule has 5 nitrogen and oxygen atoms in total. The van der Waals surface area contributed by atoms with Crippen LogP contribution >= 0.6 is 0 Å². The van der Waals surface area contributed by atoms with Gasteiger partial charge in [0.25, 0.3) is 5.91 Å². The quantitative estimate of drug-likeness (QED) is 0.793. The molecule has 5 heteroatoms. The Morgan fingerprint density at radius 1 is 1.12 bits per heavy atom. The maximum Gasteiger partial charge on any atom is 0.251 e. The summed E-state index contributed by atoms with van der Waals surface area (Å²) in [5, 5.41) is 3.16. The average molecular weight is 334 g/mol. The Bertz CT molecular complexity index is 892. The molecule has 1 aromatic carbocycles. The summed E-state index contributed by atoms with van der Waals surface area (Å²) in [7, 11) is 0. The van der Waals surface area contributed by atoms with E-state index in [2.05, 4.69) is 15.3 Å². The van der Waals surface area contributed by atoms with Crippen LogP contribution in [0.3, 0.4) is 0 Å². The highest BCUT2D eigenvalue weighted by Gasteiger charge is 2.17. The first-order chi connectivity index (χ1) is 12.2. The zero-order chi connectivity index (χ0) is 17.2. The summed E-state index contributed by atoms with van der Waals surface area (Å²) in [4.78, 5) is 21.4. The molecule has 3 aromatic rings. The fraction of sp³-hybridized carbons (Fsp3) is 0.350. The monoisotopic (exact) mass is 334 g/mol. The van der Waals surface area contributed by atoms with Gasteiger partial charge in [0.05, 0.1) is 0 Å². The van der Waals surface area contributed by atoms with E-state index in [1.165, 1.54) is 19.3 Å². The lowest BCUT2D eigenvalue weighted by atomic mass is 9.95. The van der Waals surface area contributed by atoms with Crippen molar-refractivity contribution in [2.24, 2.45) is 0 Å². The number of carbonyl (C=O) groups excluding carboxylic acids is 1. The number of rotatable bonds is 3. The van der Waals surface area contributed by atoms with Crippen LogP contribution in [0.4, 0.5) is 0 Å². The van der Waals surface area contributed by atoms with E-state index in [9.17, 15) is 4.79 Å². The second-order valence-electron chi connectivity index (χ2n) is 6.70. The molecule has 0 aliphatic heterocycles. The van der Waals surface area contributed by atoms with Gasteiger partial charge in [-0.15, -0.1) is 0 Å². The minimum atomic E-state index is 0.0174. The molecule has 0 radical (unpaired) electrons. The van der Waals surface area contributed by atoms with Crippen LogP contribution in [-0.2, 0) is 0 Å². The normalized spacial score (nSPS) is 15.4. The van der Waals surface area contributed by atoms with Gasteiger partial charge >= 0.3 is 0 Å². The van der Waals surface area contributed by atoms with Gasteiger partial charge < -0.3 is 5.32 Å². The van der Waals surface area contributed by atoms with Gasteiger partial charge in [-0.05, 0) is 56.2 Å². The number of imidazole rings is 1. The van der Waals surface area contributed by atoms with Gasteiger partial charge in [-0.3, -0.25) is 9.36 Å². The number of carbonyl (C=O) groups is 1. The first-order valence-electron chi connectivity index (χ1n) is 8.94. The predicted molar refractivity (Wildman–Crippen MR) is 97.9 cm³/mol. The molecule has 1 N–H and O–H groups in total. The molecule has 25 heavy (non-hydrogen) atoms. The third-order valence-corrected chi connectivity index (χ3v) is 4.91. The molecule has 1 saturated carbocycles. The van der Waals surface area contributed by atoms with Crippen LogP contribution in [-0.4, -0.2) is 26.5 Å². The predicted octanol–water partition coefficient (Wildman–Crippen LogP) is 3.79. The zero-order valence-corrected chi connectivity index (χ0v) is 14.4. The second-order valence-corrected chi connectivity index (χ2v) is 6.70. The summed E-state index contributed by atoms with van der Waals surface area (Å²) in [6, 6.07) is 11.8. The van der Waals surface area contributed by atoms with Crippen LogP contribution < -0.4 is 5.32 Å². The maximum absolute atomic E-state index is 12.4. The molecule has 1 aliphatic carbocycles. The van der Waals surface area contributed by atoms with E-state index in [0.29, 0.717) is 11.6 Å². The molecule has 0 spiro atoms. The Morgan fingerprint density at radius 3 is 2.64 bits per heavy atom. The maximum atomic E-state index is 12.4. The molecule has 0 bridgehead atoms. The van der Waals surface area contributed by atoms with Crippen molar-refractivity contribution in [1.29, 1.82) is 0 Å². The first-order valence-corrected chi connectivity index (χ1v) is 8.94. The zero-order valence-electron chi connectivity index (χ0n) is 14.4. The van der Waals surface area contributed by atoms with Crippen LogP contribution in [0.5, 0.6) is 0 Å². The smallest absolute Gasteiger partial charge is 0.251 e. The number of aryl methyl sites for hydroxylation is 1. The van der Waals surface area contributed by atoms with Gasteiger partial charge in [0.15, 0.2) is 5.65 Å². The van der Waals surface area contributed by atoms with Crippen molar-refractivity contribution in [3.63, 3.8) is 0 Å². The van der Waals surface area contributed by atoms with E-state index >= 15 is 0 Å². The molecule has 0 unspecified atom stereocenters. The van der Waals surface area contributed by atoms with Crippen molar-refractivity contribution in [1.82, 2.24) is 19.9 Å². The molecule has 1 fully saturated rings. The van der Waals surface area contributed by atoms with Gasteiger partial charge in [0.1, 0.15) is 11.3 Å². The van der Waals surface area contributed by atoms with Crippen LogP contribution in [0.1, 0.15) is 48.3 Å². The van der Waals surface area contributed by atoms with E-state index in [-0.39, 0.29) is 5.91 Å². The van der Waals surface area contributed by atoms with Crippen molar-refractivity contribution in [2.45, 2.75) is 45.1 Å². The molecule has 4 rings (SSSR count). The Kier molecular flexibility index (Phi) is 4.22. The first kappa shape index (κ1) is 15.8. The Hall–Kier alpha value is -2.69. The van der Waals surface area contributed by atoms with Gasteiger partial charge in [-0.1, -0.05) is 19.3 Å². The summed E-state index contributed by atoms with van der Waals surface area (Å²) in [5.41, 5.74) is 3.37. The topological polar surface area (TPSA) is 59.8 Å². The van der Waals surface area contributed by atoms with E-state index < -0.39 is 0 Å². The number of pyridine rings is 1. The number of nitrogens with zero attached hydrogens (tertiary/aromatic N) is 3. The average Bonchev–Trinajstić information content (AvgIpc) is 2.98. The minimum absolute atomic E-state index is 0.0174.